The van der Waals surface area contributed by atoms with Crippen molar-refractivity contribution in [1.29, 1.82) is 0 Å². The Balaban J connectivity index is 1.46. The first kappa shape index (κ1) is 16.4. The molecule has 0 spiro atoms. The molecule has 1 saturated carbocycles. The first-order valence-electron chi connectivity index (χ1n) is 8.53. The Hall–Kier alpha value is -2.12. The zero-order chi connectivity index (χ0) is 17.4. The summed E-state index contributed by atoms with van der Waals surface area (Å²) >= 11 is 6.25. The van der Waals surface area contributed by atoms with E-state index in [-0.39, 0.29) is 12.0 Å². The average Bonchev–Trinajstić information content (AvgIpc) is 2.59. The van der Waals surface area contributed by atoms with Gasteiger partial charge in [-0.2, -0.15) is 4.98 Å². The summed E-state index contributed by atoms with van der Waals surface area (Å²) < 4.78 is 0. The molecular weight excluding hydrogens is 340 g/mol. The fraction of sp³-hybridized carbons (Fsp3) is 0.471. The van der Waals surface area contributed by atoms with Crippen LogP contribution >= 0.6 is 11.6 Å². The number of pyridine rings is 1. The molecule has 0 bridgehead atoms. The maximum absolute atomic E-state index is 9.52. The van der Waals surface area contributed by atoms with E-state index in [4.69, 9.17) is 17.3 Å². The van der Waals surface area contributed by atoms with Crippen LogP contribution in [0.2, 0.25) is 5.02 Å². The summed E-state index contributed by atoms with van der Waals surface area (Å²) in [4.78, 5) is 17.5. The molecule has 8 heteroatoms. The van der Waals surface area contributed by atoms with Gasteiger partial charge in [0.25, 0.3) is 0 Å². The lowest BCUT2D eigenvalue weighted by Crippen LogP contribution is -2.47. The minimum Gasteiger partial charge on any atom is -0.393 e. The second-order valence-electron chi connectivity index (χ2n) is 6.61. The molecule has 0 atom stereocenters. The van der Waals surface area contributed by atoms with Gasteiger partial charge in [0.15, 0.2) is 0 Å². The molecule has 2 aliphatic rings. The van der Waals surface area contributed by atoms with Crippen LogP contribution in [0.3, 0.4) is 0 Å². The van der Waals surface area contributed by atoms with Crippen molar-refractivity contribution in [3.63, 3.8) is 0 Å². The predicted octanol–water partition coefficient (Wildman–Crippen LogP) is 1.67. The number of aliphatic hydroxyl groups is 1. The summed E-state index contributed by atoms with van der Waals surface area (Å²) in [6.07, 6.45) is 3.05. The summed E-state index contributed by atoms with van der Waals surface area (Å²) in [6.45, 7) is 3.27. The number of aliphatic hydroxyl groups excluding tert-OH is 1. The number of anilines is 3. The molecule has 3 N–H and O–H groups in total. The molecule has 2 aromatic rings. The van der Waals surface area contributed by atoms with E-state index in [1.165, 1.54) is 0 Å². The molecule has 0 unspecified atom stereocenters. The molecule has 1 aliphatic heterocycles. The Kier molecular flexibility index (Phi) is 4.35. The minimum atomic E-state index is -0.212. The van der Waals surface area contributed by atoms with Crippen LogP contribution in [0, 0.1) is 0 Å². The van der Waals surface area contributed by atoms with Gasteiger partial charge in [0.05, 0.1) is 16.8 Å². The molecule has 1 saturated heterocycles. The van der Waals surface area contributed by atoms with Crippen LogP contribution in [-0.4, -0.2) is 52.3 Å². The second-order valence-corrected chi connectivity index (χ2v) is 7.02. The fourth-order valence-corrected chi connectivity index (χ4v) is 3.67. The molecule has 2 fully saturated rings. The van der Waals surface area contributed by atoms with Crippen molar-refractivity contribution in [2.24, 2.45) is 0 Å². The van der Waals surface area contributed by atoms with Crippen molar-refractivity contribution in [3.05, 3.63) is 35.1 Å². The van der Waals surface area contributed by atoms with Crippen LogP contribution in [0.5, 0.6) is 0 Å². The third-order valence-electron chi connectivity index (χ3n) is 4.92. The van der Waals surface area contributed by atoms with Crippen LogP contribution in [0.25, 0.3) is 0 Å². The largest absolute Gasteiger partial charge is 0.393 e. The smallest absolute Gasteiger partial charge is 0.222 e. The number of piperazine rings is 1. The Labute approximate surface area is 151 Å². The molecule has 2 aromatic heterocycles. The molecule has 7 nitrogen and oxygen atoms in total. The first-order valence-corrected chi connectivity index (χ1v) is 8.91. The summed E-state index contributed by atoms with van der Waals surface area (Å²) in [5.74, 6) is 2.27. The van der Waals surface area contributed by atoms with E-state index in [0.717, 1.165) is 56.4 Å². The monoisotopic (exact) mass is 360 g/mol. The van der Waals surface area contributed by atoms with Gasteiger partial charge in [0.1, 0.15) is 11.6 Å². The van der Waals surface area contributed by atoms with Gasteiger partial charge in [-0.3, -0.25) is 0 Å². The lowest BCUT2D eigenvalue weighted by Gasteiger charge is -2.37. The van der Waals surface area contributed by atoms with Crippen molar-refractivity contribution in [1.82, 2.24) is 15.0 Å². The Morgan fingerprint density at radius 1 is 1.12 bits per heavy atom. The van der Waals surface area contributed by atoms with Crippen LogP contribution in [0.1, 0.15) is 24.5 Å². The summed E-state index contributed by atoms with van der Waals surface area (Å²) in [5.41, 5.74) is 6.84. The Morgan fingerprint density at radius 3 is 2.52 bits per heavy atom. The standard InChI is InChI=1S/C17H21ClN6O/c18-13-2-1-3-20-16(13)24-6-4-23(5-7-24)15-10-14(21-17(19)22-15)11-8-12(25)9-11/h1-3,10-12,25H,4-9H2,(H2,19,21,22). The number of rotatable bonds is 3. The summed E-state index contributed by atoms with van der Waals surface area (Å²) in [7, 11) is 0. The van der Waals surface area contributed by atoms with Gasteiger partial charge in [-0.15, -0.1) is 0 Å². The number of halogens is 1. The maximum Gasteiger partial charge on any atom is 0.222 e. The van der Waals surface area contributed by atoms with Gasteiger partial charge in [-0.1, -0.05) is 11.6 Å². The van der Waals surface area contributed by atoms with Crippen molar-refractivity contribution >= 4 is 29.2 Å². The minimum absolute atomic E-state index is 0.212. The quantitative estimate of drug-likeness (QED) is 0.860. The number of nitrogens with zero attached hydrogens (tertiary/aromatic N) is 5. The van der Waals surface area contributed by atoms with E-state index in [1.54, 1.807) is 6.20 Å². The van der Waals surface area contributed by atoms with Crippen molar-refractivity contribution in [3.8, 4) is 0 Å². The van der Waals surface area contributed by atoms with Crippen molar-refractivity contribution < 1.29 is 5.11 Å². The predicted molar refractivity (Wildman–Crippen MR) is 98.1 cm³/mol. The number of nitrogens with two attached hydrogens (primary N) is 1. The van der Waals surface area contributed by atoms with Gasteiger partial charge in [0.2, 0.25) is 5.95 Å². The lowest BCUT2D eigenvalue weighted by molar-refractivity contribution is 0.0732. The number of nitrogen functional groups attached to an aromatic ring is 1. The highest BCUT2D eigenvalue weighted by atomic mass is 35.5. The zero-order valence-electron chi connectivity index (χ0n) is 13.8. The molecule has 3 heterocycles. The molecule has 0 amide bonds. The van der Waals surface area contributed by atoms with E-state index >= 15 is 0 Å². The number of hydrogen-bond acceptors (Lipinski definition) is 7. The van der Waals surface area contributed by atoms with E-state index < -0.39 is 0 Å². The van der Waals surface area contributed by atoms with E-state index in [1.807, 2.05) is 18.2 Å². The van der Waals surface area contributed by atoms with E-state index in [9.17, 15) is 5.11 Å². The highest BCUT2D eigenvalue weighted by molar-refractivity contribution is 6.32. The molecule has 0 radical (unpaired) electrons. The van der Waals surface area contributed by atoms with Crippen molar-refractivity contribution in [2.75, 3.05) is 41.7 Å². The van der Waals surface area contributed by atoms with Crippen LogP contribution in [-0.2, 0) is 0 Å². The van der Waals surface area contributed by atoms with Gasteiger partial charge in [-0.25, -0.2) is 9.97 Å². The highest BCUT2D eigenvalue weighted by Crippen LogP contribution is 2.37. The Morgan fingerprint density at radius 2 is 1.84 bits per heavy atom. The third-order valence-corrected chi connectivity index (χ3v) is 5.22. The molecule has 132 valence electrons. The number of aromatic nitrogens is 3. The average molecular weight is 361 g/mol. The Bertz CT molecular complexity index is 759. The molecule has 1 aliphatic carbocycles. The van der Waals surface area contributed by atoms with E-state index in [0.29, 0.717) is 11.0 Å². The van der Waals surface area contributed by atoms with Crippen LogP contribution < -0.4 is 15.5 Å². The maximum atomic E-state index is 9.52. The second kappa shape index (κ2) is 6.65. The molecule has 25 heavy (non-hydrogen) atoms. The zero-order valence-corrected chi connectivity index (χ0v) is 14.6. The van der Waals surface area contributed by atoms with Gasteiger partial charge in [-0.05, 0) is 25.0 Å². The number of hydrogen-bond donors (Lipinski definition) is 2. The summed E-state index contributed by atoms with van der Waals surface area (Å²) in [6, 6.07) is 5.71. The molecule has 4 rings (SSSR count). The summed E-state index contributed by atoms with van der Waals surface area (Å²) in [5, 5.41) is 10.2. The van der Waals surface area contributed by atoms with Gasteiger partial charge in [0, 0.05) is 44.4 Å². The fourth-order valence-electron chi connectivity index (χ4n) is 3.43. The van der Waals surface area contributed by atoms with Crippen molar-refractivity contribution in [2.45, 2.75) is 24.9 Å². The lowest BCUT2D eigenvalue weighted by atomic mass is 9.80. The SMILES string of the molecule is Nc1nc(C2CC(O)C2)cc(N2CCN(c3ncccc3Cl)CC2)n1. The molecular formula is C17H21ClN6O. The van der Waals surface area contributed by atoms with Crippen LogP contribution in [0.4, 0.5) is 17.6 Å². The van der Waals surface area contributed by atoms with Gasteiger partial charge >= 0.3 is 0 Å². The first-order chi connectivity index (χ1) is 12.1. The normalized spacial score (nSPS) is 23.4. The highest BCUT2D eigenvalue weighted by Gasteiger charge is 2.31. The van der Waals surface area contributed by atoms with Gasteiger partial charge < -0.3 is 20.6 Å². The molecule has 0 aromatic carbocycles. The van der Waals surface area contributed by atoms with E-state index in [2.05, 4.69) is 24.8 Å². The van der Waals surface area contributed by atoms with Crippen LogP contribution in [0.15, 0.2) is 24.4 Å². The third kappa shape index (κ3) is 3.34. The topological polar surface area (TPSA) is 91.4 Å².